The maximum atomic E-state index is 11.9. The molecule has 0 atom stereocenters. The third-order valence-electron chi connectivity index (χ3n) is 1.55. The number of halogens is 4. The van der Waals surface area contributed by atoms with Gasteiger partial charge >= 0.3 is 6.18 Å². The Balaban J connectivity index is 2.80. The molecule has 0 amide bonds. The van der Waals surface area contributed by atoms with Gasteiger partial charge in [0.2, 0.25) is 0 Å². The molecular formula is C9H7BrF3N. The van der Waals surface area contributed by atoms with E-state index in [4.69, 9.17) is 5.41 Å². The smallest absolute Gasteiger partial charge is 0.304 e. The third kappa shape index (κ3) is 3.49. The minimum absolute atomic E-state index is 0.289. The molecule has 1 aromatic rings. The Bertz CT molecular complexity index is 346. The first kappa shape index (κ1) is 11.2. The van der Waals surface area contributed by atoms with Crippen molar-refractivity contribution in [3.8, 4) is 0 Å². The van der Waals surface area contributed by atoms with Crippen molar-refractivity contribution in [3.63, 3.8) is 0 Å². The second-order valence-electron chi connectivity index (χ2n) is 2.78. The Morgan fingerprint density at radius 2 is 2.00 bits per heavy atom. The molecule has 0 bridgehead atoms. The summed E-state index contributed by atoms with van der Waals surface area (Å²) in [6, 6.07) is 6.28. The van der Waals surface area contributed by atoms with E-state index in [9.17, 15) is 13.2 Å². The lowest BCUT2D eigenvalue weighted by Gasteiger charge is -2.07. The van der Waals surface area contributed by atoms with Crippen molar-refractivity contribution in [1.29, 1.82) is 5.41 Å². The van der Waals surface area contributed by atoms with Crippen LogP contribution in [0.25, 0.3) is 0 Å². The van der Waals surface area contributed by atoms with E-state index in [0.717, 1.165) is 0 Å². The van der Waals surface area contributed by atoms with Crippen LogP contribution in [0.3, 0.4) is 0 Å². The Morgan fingerprint density at radius 1 is 1.36 bits per heavy atom. The number of nitrogens with one attached hydrogen (secondary N) is 1. The standard InChI is InChI=1S/C9H7BrF3N/c10-7-3-1-2-6(4-7)8(14)5-9(11,12)13/h1-4,14H,5H2. The van der Waals surface area contributed by atoms with E-state index in [-0.39, 0.29) is 5.56 Å². The molecule has 0 aliphatic heterocycles. The average Bonchev–Trinajstić information content (AvgIpc) is 2.01. The zero-order valence-electron chi connectivity index (χ0n) is 7.03. The molecule has 0 aliphatic carbocycles. The number of benzene rings is 1. The van der Waals surface area contributed by atoms with Gasteiger partial charge in [0.15, 0.2) is 0 Å². The van der Waals surface area contributed by atoms with Gasteiger partial charge in [-0.3, -0.25) is 0 Å². The molecule has 5 heteroatoms. The van der Waals surface area contributed by atoms with Crippen molar-refractivity contribution in [3.05, 3.63) is 34.3 Å². The molecule has 1 aromatic carbocycles. The van der Waals surface area contributed by atoms with Crippen LogP contribution in [0.1, 0.15) is 12.0 Å². The summed E-state index contributed by atoms with van der Waals surface area (Å²) in [4.78, 5) is 0. The van der Waals surface area contributed by atoms with E-state index in [1.807, 2.05) is 0 Å². The maximum absolute atomic E-state index is 11.9. The van der Waals surface area contributed by atoms with Crippen LogP contribution in [0.5, 0.6) is 0 Å². The molecule has 0 aromatic heterocycles. The Morgan fingerprint density at radius 3 is 2.50 bits per heavy atom. The molecule has 1 N–H and O–H groups in total. The Hall–Kier alpha value is -0.840. The van der Waals surface area contributed by atoms with Crippen molar-refractivity contribution in [2.24, 2.45) is 0 Å². The van der Waals surface area contributed by atoms with Crippen LogP contribution >= 0.6 is 15.9 Å². The maximum Gasteiger partial charge on any atom is 0.394 e. The predicted octanol–water partition coefficient (Wildman–Crippen LogP) is 3.77. The second-order valence-corrected chi connectivity index (χ2v) is 3.70. The summed E-state index contributed by atoms with van der Waals surface area (Å²) in [6.07, 6.45) is -5.51. The molecule has 0 heterocycles. The van der Waals surface area contributed by atoms with Gasteiger partial charge in [-0.1, -0.05) is 28.1 Å². The lowest BCUT2D eigenvalue weighted by atomic mass is 10.1. The first-order valence-electron chi connectivity index (χ1n) is 3.78. The SMILES string of the molecule is N=C(CC(F)(F)F)c1cccc(Br)c1. The topological polar surface area (TPSA) is 23.9 Å². The minimum atomic E-state index is -4.32. The highest BCUT2D eigenvalue weighted by atomic mass is 79.9. The monoisotopic (exact) mass is 265 g/mol. The zero-order chi connectivity index (χ0) is 10.8. The van der Waals surface area contributed by atoms with Crippen LogP contribution in [0.15, 0.2) is 28.7 Å². The first-order valence-corrected chi connectivity index (χ1v) is 4.58. The van der Waals surface area contributed by atoms with Crippen LogP contribution in [0.4, 0.5) is 13.2 Å². The Kier molecular flexibility index (Phi) is 3.31. The predicted molar refractivity (Wildman–Crippen MR) is 51.6 cm³/mol. The van der Waals surface area contributed by atoms with E-state index in [1.165, 1.54) is 12.1 Å². The summed E-state index contributed by atoms with van der Waals surface area (Å²) in [5.41, 5.74) is -0.129. The zero-order valence-corrected chi connectivity index (χ0v) is 8.61. The summed E-state index contributed by atoms with van der Waals surface area (Å²) in [5.74, 6) is 0. The summed E-state index contributed by atoms with van der Waals surface area (Å²) in [6.45, 7) is 0. The fourth-order valence-corrected chi connectivity index (χ4v) is 1.38. The highest BCUT2D eigenvalue weighted by Gasteiger charge is 2.29. The number of hydrogen-bond acceptors (Lipinski definition) is 1. The lowest BCUT2D eigenvalue weighted by Crippen LogP contribution is -2.14. The van der Waals surface area contributed by atoms with Crippen molar-refractivity contribution in [2.45, 2.75) is 12.6 Å². The van der Waals surface area contributed by atoms with Crippen LogP contribution in [-0.4, -0.2) is 11.9 Å². The molecular weight excluding hydrogens is 259 g/mol. The number of alkyl halides is 3. The fourth-order valence-electron chi connectivity index (χ4n) is 0.979. The van der Waals surface area contributed by atoms with Crippen LogP contribution in [-0.2, 0) is 0 Å². The molecule has 1 nitrogen and oxygen atoms in total. The molecule has 0 unspecified atom stereocenters. The second kappa shape index (κ2) is 4.13. The third-order valence-corrected chi connectivity index (χ3v) is 2.04. The normalized spacial score (nSPS) is 11.4. The highest BCUT2D eigenvalue weighted by Crippen LogP contribution is 2.23. The molecule has 0 radical (unpaired) electrons. The van der Waals surface area contributed by atoms with Crippen molar-refractivity contribution in [2.75, 3.05) is 0 Å². The largest absolute Gasteiger partial charge is 0.394 e. The molecule has 1 rings (SSSR count). The van der Waals surface area contributed by atoms with Gasteiger partial charge in [-0.2, -0.15) is 13.2 Å². The van der Waals surface area contributed by atoms with Crippen LogP contribution in [0, 0.1) is 5.41 Å². The van der Waals surface area contributed by atoms with Gasteiger partial charge in [0.05, 0.1) is 6.42 Å². The van der Waals surface area contributed by atoms with E-state index in [1.54, 1.807) is 12.1 Å². The van der Waals surface area contributed by atoms with Gasteiger partial charge in [0, 0.05) is 10.2 Å². The van der Waals surface area contributed by atoms with Gasteiger partial charge in [0.1, 0.15) is 0 Å². The molecule has 0 fully saturated rings. The van der Waals surface area contributed by atoms with E-state index >= 15 is 0 Å². The Labute approximate surface area is 87.6 Å². The van der Waals surface area contributed by atoms with E-state index in [0.29, 0.717) is 4.47 Å². The first-order chi connectivity index (χ1) is 6.38. The highest BCUT2D eigenvalue weighted by molar-refractivity contribution is 9.10. The van der Waals surface area contributed by atoms with Crippen LogP contribution < -0.4 is 0 Å². The van der Waals surface area contributed by atoms with Gasteiger partial charge in [-0.25, -0.2) is 0 Å². The van der Waals surface area contributed by atoms with Crippen LogP contribution in [0.2, 0.25) is 0 Å². The summed E-state index contributed by atoms with van der Waals surface area (Å²) in [5, 5.41) is 7.24. The molecule has 76 valence electrons. The van der Waals surface area contributed by atoms with E-state index in [2.05, 4.69) is 15.9 Å². The summed E-state index contributed by atoms with van der Waals surface area (Å²) < 4.78 is 36.5. The molecule has 14 heavy (non-hydrogen) atoms. The van der Waals surface area contributed by atoms with Gasteiger partial charge in [0.25, 0.3) is 0 Å². The molecule has 0 saturated heterocycles. The van der Waals surface area contributed by atoms with Gasteiger partial charge in [-0.15, -0.1) is 0 Å². The molecule has 0 saturated carbocycles. The quantitative estimate of drug-likeness (QED) is 0.788. The van der Waals surface area contributed by atoms with Crippen molar-refractivity contribution in [1.82, 2.24) is 0 Å². The number of hydrogen-bond donors (Lipinski definition) is 1. The summed E-state index contributed by atoms with van der Waals surface area (Å²) >= 11 is 3.13. The fraction of sp³-hybridized carbons (Fsp3) is 0.222. The average molecular weight is 266 g/mol. The van der Waals surface area contributed by atoms with E-state index < -0.39 is 18.3 Å². The molecule has 0 spiro atoms. The van der Waals surface area contributed by atoms with Gasteiger partial charge in [-0.05, 0) is 17.7 Å². The number of rotatable bonds is 2. The minimum Gasteiger partial charge on any atom is -0.304 e. The summed E-state index contributed by atoms with van der Waals surface area (Å²) in [7, 11) is 0. The van der Waals surface area contributed by atoms with Crippen molar-refractivity contribution >= 4 is 21.6 Å². The lowest BCUT2D eigenvalue weighted by molar-refractivity contribution is -0.121. The van der Waals surface area contributed by atoms with Gasteiger partial charge < -0.3 is 5.41 Å². The van der Waals surface area contributed by atoms with Crippen molar-refractivity contribution < 1.29 is 13.2 Å². The molecule has 0 aliphatic rings.